The normalized spacial score (nSPS) is 20.0. The Kier molecular flexibility index (Phi) is 8.24. The lowest BCUT2D eigenvalue weighted by Gasteiger charge is -2.38. The van der Waals surface area contributed by atoms with E-state index in [2.05, 4.69) is 78.0 Å². The van der Waals surface area contributed by atoms with Gasteiger partial charge in [0.2, 0.25) is 5.91 Å². The van der Waals surface area contributed by atoms with E-state index in [4.69, 9.17) is 8.85 Å². The van der Waals surface area contributed by atoms with E-state index < -0.39 is 21.4 Å². The van der Waals surface area contributed by atoms with Crippen LogP contribution in [-0.4, -0.2) is 52.7 Å². The number of carbonyl (C=O) groups excluding carboxylic acids is 1. The Morgan fingerprint density at radius 3 is 1.61 bits per heavy atom. The first-order valence-corrected chi connectivity index (χ1v) is 16.9. The Hall–Kier alpha value is -0.156. The Balaban J connectivity index is 2.85. The van der Waals surface area contributed by atoms with Gasteiger partial charge in [-0.2, -0.15) is 0 Å². The molecule has 0 bridgehead atoms. The summed E-state index contributed by atoms with van der Waals surface area (Å²) >= 11 is 1.54. The molecule has 0 atom stereocenters. The molecule has 0 aromatic rings. The maximum Gasteiger partial charge on any atom is 0.242 e. The predicted molar refractivity (Wildman–Crippen MR) is 127 cm³/mol. The number of hydrogen-bond acceptors (Lipinski definition) is 5. The molecule has 1 aliphatic rings. The number of nitrogens with one attached hydrogen (secondary N) is 1. The number of amidine groups is 1. The summed E-state index contributed by atoms with van der Waals surface area (Å²) in [4.78, 5) is 17.1. The minimum Gasteiger partial charge on any atom is -0.417 e. The van der Waals surface area contributed by atoms with Crippen LogP contribution in [0.25, 0.3) is 0 Å². The van der Waals surface area contributed by atoms with Gasteiger partial charge in [-0.15, -0.1) is 0 Å². The van der Waals surface area contributed by atoms with Gasteiger partial charge < -0.3 is 14.2 Å². The van der Waals surface area contributed by atoms with Crippen molar-refractivity contribution < 1.29 is 13.6 Å². The second kappa shape index (κ2) is 8.92. The van der Waals surface area contributed by atoms with Crippen LogP contribution in [0.2, 0.25) is 36.3 Å². The molecular formula is C20H42N2O3SSi2. The summed E-state index contributed by atoms with van der Waals surface area (Å²) in [5.41, 5.74) is 0. The van der Waals surface area contributed by atoms with Gasteiger partial charge in [-0.05, 0) is 49.1 Å². The largest absolute Gasteiger partial charge is 0.417 e. The molecule has 164 valence electrons. The van der Waals surface area contributed by atoms with Gasteiger partial charge in [-0.1, -0.05) is 53.3 Å². The van der Waals surface area contributed by atoms with Crippen molar-refractivity contribution in [3.05, 3.63) is 0 Å². The third-order valence-corrected chi connectivity index (χ3v) is 17.2. The number of aliphatic imine (C=N–C) groups is 1. The summed E-state index contributed by atoms with van der Waals surface area (Å²) in [7, 11) is -1.96. The molecule has 1 rings (SSSR count). The number of nitrogens with zero attached hydrogens (tertiary/aromatic N) is 1. The summed E-state index contributed by atoms with van der Waals surface area (Å²) in [6, 6.07) is 0. The van der Waals surface area contributed by atoms with Gasteiger partial charge in [0, 0.05) is 20.3 Å². The zero-order valence-corrected chi connectivity index (χ0v) is 22.7. The average Bonchev–Trinajstić information content (AvgIpc) is 2.81. The highest BCUT2D eigenvalue weighted by atomic mass is 32.2. The summed E-state index contributed by atoms with van der Waals surface area (Å²) < 4.78 is 12.2. The van der Waals surface area contributed by atoms with E-state index in [1.165, 1.54) is 0 Å². The molecule has 0 aliphatic carbocycles. The van der Waals surface area contributed by atoms with Gasteiger partial charge in [0.05, 0.1) is 0 Å². The van der Waals surface area contributed by atoms with Crippen molar-refractivity contribution in [2.75, 3.05) is 20.3 Å². The molecule has 1 heterocycles. The van der Waals surface area contributed by atoms with Crippen molar-refractivity contribution in [2.45, 2.75) is 95.4 Å². The van der Waals surface area contributed by atoms with E-state index in [9.17, 15) is 4.79 Å². The zero-order chi connectivity index (χ0) is 22.0. The van der Waals surface area contributed by atoms with Gasteiger partial charge >= 0.3 is 0 Å². The van der Waals surface area contributed by atoms with E-state index in [0.29, 0.717) is 31.2 Å². The Labute approximate surface area is 179 Å². The zero-order valence-electron chi connectivity index (χ0n) is 19.9. The molecule has 28 heavy (non-hydrogen) atoms. The van der Waals surface area contributed by atoms with E-state index in [-0.39, 0.29) is 16.0 Å². The van der Waals surface area contributed by atoms with Crippen LogP contribution in [0.5, 0.6) is 0 Å². The van der Waals surface area contributed by atoms with Crippen LogP contribution in [0.1, 0.15) is 54.4 Å². The molecule has 1 aliphatic heterocycles. The van der Waals surface area contributed by atoms with E-state index in [0.717, 1.165) is 0 Å². The minimum absolute atomic E-state index is 0.0377. The van der Waals surface area contributed by atoms with Crippen LogP contribution in [0, 0.1) is 0 Å². The van der Waals surface area contributed by atoms with Crippen molar-refractivity contribution in [3.8, 4) is 0 Å². The molecule has 0 saturated carbocycles. The lowest BCUT2D eigenvalue weighted by molar-refractivity contribution is -0.122. The van der Waals surface area contributed by atoms with Crippen molar-refractivity contribution in [1.29, 1.82) is 0 Å². The SMILES string of the molecule is CN=C1NC(=O)C(CCO[Si](C)(C)C(C)(C)C)(CCO[Si](C)(C)C(C)(C)C)S1. The summed E-state index contributed by atoms with van der Waals surface area (Å²) in [5, 5.41) is 3.95. The molecule has 0 unspecified atom stereocenters. The molecule has 8 heteroatoms. The van der Waals surface area contributed by atoms with E-state index in [1.807, 2.05) is 0 Å². The van der Waals surface area contributed by atoms with Gasteiger partial charge in [0.25, 0.3) is 0 Å². The molecule has 1 saturated heterocycles. The van der Waals surface area contributed by atoms with Crippen LogP contribution < -0.4 is 5.32 Å². The number of thioether (sulfide) groups is 1. The van der Waals surface area contributed by atoms with E-state index >= 15 is 0 Å². The third kappa shape index (κ3) is 6.17. The van der Waals surface area contributed by atoms with Crippen LogP contribution in [0.3, 0.4) is 0 Å². The highest BCUT2D eigenvalue weighted by molar-refractivity contribution is 8.16. The number of amides is 1. The maximum atomic E-state index is 12.9. The van der Waals surface area contributed by atoms with E-state index in [1.54, 1.807) is 18.8 Å². The quantitative estimate of drug-likeness (QED) is 0.507. The van der Waals surface area contributed by atoms with Crippen LogP contribution in [0.4, 0.5) is 0 Å². The molecular weight excluding hydrogens is 404 g/mol. The lowest BCUT2D eigenvalue weighted by atomic mass is 10.0. The maximum absolute atomic E-state index is 12.9. The van der Waals surface area contributed by atoms with Gasteiger partial charge in [0.15, 0.2) is 21.8 Å². The van der Waals surface area contributed by atoms with Crippen molar-refractivity contribution in [3.63, 3.8) is 0 Å². The Morgan fingerprint density at radius 2 is 1.32 bits per heavy atom. The molecule has 5 nitrogen and oxygen atoms in total. The number of rotatable bonds is 8. The van der Waals surface area contributed by atoms with Gasteiger partial charge in [0.1, 0.15) is 4.75 Å². The second-order valence-corrected chi connectivity index (χ2v) is 21.8. The van der Waals surface area contributed by atoms with Gasteiger partial charge in [-0.25, -0.2) is 0 Å². The van der Waals surface area contributed by atoms with Crippen LogP contribution >= 0.6 is 11.8 Å². The summed E-state index contributed by atoms with van der Waals surface area (Å²) in [5.74, 6) is 0.0377. The molecule has 0 spiro atoms. The molecule has 0 aromatic carbocycles. The molecule has 1 amide bonds. The Morgan fingerprint density at radius 1 is 0.929 bits per heavy atom. The third-order valence-electron chi connectivity index (χ3n) is 6.68. The van der Waals surface area contributed by atoms with Crippen LogP contribution in [0.15, 0.2) is 4.99 Å². The molecule has 1 N–H and O–H groups in total. The molecule has 0 radical (unpaired) electrons. The first-order chi connectivity index (χ1) is 12.5. The first kappa shape index (κ1) is 25.9. The standard InChI is InChI=1S/C20H42N2O3SSi2/c1-18(2,3)27(8,9)24-14-12-20(16(23)22-17(21-7)26-20)13-15-25-28(10,11)19(4,5)6/h12-15H2,1-11H3,(H,21,22,23). The fourth-order valence-electron chi connectivity index (χ4n) is 2.40. The first-order valence-electron chi connectivity index (χ1n) is 10.2. The molecule has 0 aromatic heterocycles. The Bertz CT molecular complexity index is 561. The summed E-state index contributed by atoms with van der Waals surface area (Å²) in [6.07, 6.45) is 1.35. The minimum atomic E-state index is -1.84. The van der Waals surface area contributed by atoms with Crippen molar-refractivity contribution in [2.24, 2.45) is 4.99 Å². The van der Waals surface area contributed by atoms with Crippen molar-refractivity contribution >= 4 is 39.5 Å². The number of hydrogen-bond donors (Lipinski definition) is 1. The highest BCUT2D eigenvalue weighted by Gasteiger charge is 2.47. The summed E-state index contributed by atoms with van der Waals surface area (Å²) in [6.45, 7) is 23.6. The van der Waals surface area contributed by atoms with Crippen LogP contribution in [-0.2, 0) is 13.6 Å². The highest BCUT2D eigenvalue weighted by Crippen LogP contribution is 2.42. The average molecular weight is 447 g/mol. The second-order valence-electron chi connectivity index (χ2n) is 10.8. The molecule has 1 fully saturated rings. The lowest BCUT2D eigenvalue weighted by Crippen LogP contribution is -2.45. The number of carbonyl (C=O) groups is 1. The topological polar surface area (TPSA) is 59.9 Å². The fraction of sp³-hybridized carbons (Fsp3) is 0.900. The van der Waals surface area contributed by atoms with Crippen molar-refractivity contribution in [1.82, 2.24) is 5.32 Å². The predicted octanol–water partition coefficient (Wildman–Crippen LogP) is 5.40. The smallest absolute Gasteiger partial charge is 0.242 e. The van der Waals surface area contributed by atoms with Gasteiger partial charge in [-0.3, -0.25) is 9.79 Å². The monoisotopic (exact) mass is 446 g/mol. The fourth-order valence-corrected chi connectivity index (χ4v) is 5.61.